The zero-order valence-corrected chi connectivity index (χ0v) is 16.4. The standard InChI is InChI=1S/C17H25N3O4S.ClH/c1-13-11-15(5-6-18-13)19-17(21)14-3-2-4-16(12-14)25(22,23)20-7-9-24-10-8-20;/h2-4,12-13,15,18H,5-11H2,1H3,(H,19,21);1H. The third kappa shape index (κ3) is 4.95. The van der Waals surface area contributed by atoms with Gasteiger partial charge < -0.3 is 15.4 Å². The Morgan fingerprint density at radius 1 is 1.31 bits per heavy atom. The summed E-state index contributed by atoms with van der Waals surface area (Å²) >= 11 is 0. The predicted molar refractivity (Wildman–Crippen MR) is 101 cm³/mol. The Morgan fingerprint density at radius 2 is 2.04 bits per heavy atom. The summed E-state index contributed by atoms with van der Waals surface area (Å²) in [5, 5.41) is 6.36. The molecule has 2 aliphatic heterocycles. The Labute approximate surface area is 160 Å². The van der Waals surface area contributed by atoms with Gasteiger partial charge in [0.15, 0.2) is 0 Å². The van der Waals surface area contributed by atoms with Crippen LogP contribution >= 0.6 is 12.4 Å². The fraction of sp³-hybridized carbons (Fsp3) is 0.588. The molecule has 0 saturated carbocycles. The van der Waals surface area contributed by atoms with Crippen LogP contribution in [-0.2, 0) is 14.8 Å². The van der Waals surface area contributed by atoms with Crippen LogP contribution in [0, 0.1) is 0 Å². The van der Waals surface area contributed by atoms with E-state index in [1.807, 2.05) is 0 Å². The molecule has 1 amide bonds. The molecule has 146 valence electrons. The minimum atomic E-state index is -3.60. The number of rotatable bonds is 4. The molecule has 3 rings (SSSR count). The van der Waals surface area contributed by atoms with Crippen molar-refractivity contribution in [2.75, 3.05) is 32.8 Å². The zero-order valence-electron chi connectivity index (χ0n) is 14.8. The lowest BCUT2D eigenvalue weighted by molar-refractivity contribution is 0.0730. The van der Waals surface area contributed by atoms with E-state index in [0.29, 0.717) is 37.9 Å². The van der Waals surface area contributed by atoms with Gasteiger partial charge >= 0.3 is 0 Å². The summed E-state index contributed by atoms with van der Waals surface area (Å²) in [4.78, 5) is 12.7. The zero-order chi connectivity index (χ0) is 17.9. The van der Waals surface area contributed by atoms with E-state index < -0.39 is 10.0 Å². The highest BCUT2D eigenvalue weighted by molar-refractivity contribution is 7.89. The van der Waals surface area contributed by atoms with Gasteiger partial charge in [-0.1, -0.05) is 6.07 Å². The molecule has 9 heteroatoms. The molecule has 2 atom stereocenters. The molecule has 2 heterocycles. The third-order valence-electron chi connectivity index (χ3n) is 4.66. The summed E-state index contributed by atoms with van der Waals surface area (Å²) in [5.74, 6) is -0.224. The minimum Gasteiger partial charge on any atom is -0.379 e. The lowest BCUT2D eigenvalue weighted by Gasteiger charge is -2.28. The average molecular weight is 404 g/mol. The van der Waals surface area contributed by atoms with E-state index in [9.17, 15) is 13.2 Å². The highest BCUT2D eigenvalue weighted by Gasteiger charge is 2.27. The van der Waals surface area contributed by atoms with E-state index in [1.54, 1.807) is 12.1 Å². The molecule has 2 aliphatic rings. The van der Waals surface area contributed by atoms with Crippen molar-refractivity contribution in [3.05, 3.63) is 29.8 Å². The molecule has 0 bridgehead atoms. The summed E-state index contributed by atoms with van der Waals surface area (Å²) in [5.41, 5.74) is 0.375. The van der Waals surface area contributed by atoms with Crippen molar-refractivity contribution in [1.82, 2.24) is 14.9 Å². The van der Waals surface area contributed by atoms with Crippen LogP contribution < -0.4 is 10.6 Å². The molecule has 7 nitrogen and oxygen atoms in total. The molecular weight excluding hydrogens is 378 g/mol. The lowest BCUT2D eigenvalue weighted by Crippen LogP contribution is -2.46. The second-order valence-electron chi connectivity index (χ2n) is 6.59. The summed E-state index contributed by atoms with van der Waals surface area (Å²) in [7, 11) is -3.60. The van der Waals surface area contributed by atoms with E-state index >= 15 is 0 Å². The maximum atomic E-state index is 12.7. The lowest BCUT2D eigenvalue weighted by atomic mass is 10.0. The van der Waals surface area contributed by atoms with Crippen molar-refractivity contribution < 1.29 is 17.9 Å². The monoisotopic (exact) mass is 403 g/mol. The Morgan fingerprint density at radius 3 is 2.73 bits per heavy atom. The minimum absolute atomic E-state index is 0. The molecule has 2 unspecified atom stereocenters. The smallest absolute Gasteiger partial charge is 0.251 e. The molecule has 2 N–H and O–H groups in total. The van der Waals surface area contributed by atoms with Gasteiger partial charge in [0.25, 0.3) is 5.91 Å². The number of ether oxygens (including phenoxy) is 1. The fourth-order valence-corrected chi connectivity index (χ4v) is 4.72. The Hall–Kier alpha value is -1.19. The van der Waals surface area contributed by atoms with Crippen molar-refractivity contribution in [1.29, 1.82) is 0 Å². The first-order chi connectivity index (χ1) is 12.0. The number of carbonyl (C=O) groups is 1. The van der Waals surface area contributed by atoms with Crippen molar-refractivity contribution in [3.8, 4) is 0 Å². The van der Waals surface area contributed by atoms with Gasteiger partial charge in [0.05, 0.1) is 18.1 Å². The molecular formula is C17H26ClN3O4S. The van der Waals surface area contributed by atoms with Crippen molar-refractivity contribution in [2.45, 2.75) is 36.7 Å². The van der Waals surface area contributed by atoms with Crippen LogP contribution in [0.2, 0.25) is 0 Å². The van der Waals surface area contributed by atoms with Crippen LogP contribution in [0.1, 0.15) is 30.1 Å². The van der Waals surface area contributed by atoms with Crippen LogP contribution in [0.25, 0.3) is 0 Å². The number of hydrogen-bond acceptors (Lipinski definition) is 5. The van der Waals surface area contributed by atoms with E-state index in [1.165, 1.54) is 16.4 Å². The number of sulfonamides is 1. The van der Waals surface area contributed by atoms with Crippen LogP contribution in [-0.4, -0.2) is 63.6 Å². The van der Waals surface area contributed by atoms with E-state index in [-0.39, 0.29) is 29.3 Å². The normalized spacial score (nSPS) is 24.5. The third-order valence-corrected chi connectivity index (χ3v) is 6.56. The van der Waals surface area contributed by atoms with Gasteiger partial charge in [0.1, 0.15) is 0 Å². The van der Waals surface area contributed by atoms with E-state index in [4.69, 9.17) is 4.74 Å². The van der Waals surface area contributed by atoms with Gasteiger partial charge in [-0.05, 0) is 44.5 Å². The highest BCUT2D eigenvalue weighted by Crippen LogP contribution is 2.19. The number of amides is 1. The van der Waals surface area contributed by atoms with Gasteiger partial charge in [0.2, 0.25) is 10.0 Å². The van der Waals surface area contributed by atoms with Gasteiger partial charge in [0, 0.05) is 30.7 Å². The highest BCUT2D eigenvalue weighted by atomic mass is 35.5. The Balaban J connectivity index is 0.00000243. The molecule has 2 saturated heterocycles. The van der Waals surface area contributed by atoms with Crippen LogP contribution in [0.4, 0.5) is 0 Å². The summed E-state index contributed by atoms with van der Waals surface area (Å²) in [6.07, 6.45) is 1.75. The molecule has 0 spiro atoms. The first-order valence-electron chi connectivity index (χ1n) is 8.69. The molecule has 0 aliphatic carbocycles. The summed E-state index contributed by atoms with van der Waals surface area (Å²) < 4.78 is 32.1. The molecule has 1 aromatic rings. The number of piperidine rings is 1. The SMILES string of the molecule is CC1CC(NC(=O)c2cccc(S(=O)(=O)N3CCOCC3)c2)CCN1.Cl. The Kier molecular flexibility index (Phi) is 7.42. The summed E-state index contributed by atoms with van der Waals surface area (Å²) in [6.45, 7) is 4.43. The average Bonchev–Trinajstić information content (AvgIpc) is 2.62. The largest absolute Gasteiger partial charge is 0.379 e. The van der Waals surface area contributed by atoms with Crippen LogP contribution in [0.5, 0.6) is 0 Å². The number of carbonyl (C=O) groups excluding carboxylic acids is 1. The molecule has 0 radical (unpaired) electrons. The van der Waals surface area contributed by atoms with Gasteiger partial charge in [-0.25, -0.2) is 8.42 Å². The molecule has 1 aromatic carbocycles. The van der Waals surface area contributed by atoms with Gasteiger partial charge in [-0.15, -0.1) is 12.4 Å². The molecule has 2 fully saturated rings. The van der Waals surface area contributed by atoms with Crippen LogP contribution in [0.3, 0.4) is 0 Å². The van der Waals surface area contributed by atoms with Crippen molar-refractivity contribution in [3.63, 3.8) is 0 Å². The topological polar surface area (TPSA) is 87.7 Å². The number of nitrogens with one attached hydrogen (secondary N) is 2. The van der Waals surface area contributed by atoms with Gasteiger partial charge in [-0.3, -0.25) is 4.79 Å². The van der Waals surface area contributed by atoms with E-state index in [0.717, 1.165) is 19.4 Å². The van der Waals surface area contributed by atoms with Crippen molar-refractivity contribution >= 4 is 28.3 Å². The second-order valence-corrected chi connectivity index (χ2v) is 8.53. The first kappa shape index (κ1) is 21.1. The number of nitrogens with zero attached hydrogens (tertiary/aromatic N) is 1. The maximum Gasteiger partial charge on any atom is 0.251 e. The summed E-state index contributed by atoms with van der Waals surface area (Å²) in [6, 6.07) is 6.75. The van der Waals surface area contributed by atoms with Crippen LogP contribution in [0.15, 0.2) is 29.2 Å². The maximum absolute atomic E-state index is 12.7. The Bertz CT molecular complexity index is 722. The molecule has 26 heavy (non-hydrogen) atoms. The number of morpholine rings is 1. The van der Waals surface area contributed by atoms with E-state index in [2.05, 4.69) is 17.6 Å². The molecule has 0 aromatic heterocycles. The first-order valence-corrected chi connectivity index (χ1v) is 10.1. The van der Waals surface area contributed by atoms with Crippen molar-refractivity contribution in [2.24, 2.45) is 0 Å². The second kappa shape index (κ2) is 9.14. The number of hydrogen-bond donors (Lipinski definition) is 2. The quantitative estimate of drug-likeness (QED) is 0.783. The number of halogens is 1. The fourth-order valence-electron chi connectivity index (χ4n) is 3.27. The van der Waals surface area contributed by atoms with Gasteiger partial charge in [-0.2, -0.15) is 4.31 Å². The predicted octanol–water partition coefficient (Wildman–Crippen LogP) is 1.000. The number of benzene rings is 1.